The van der Waals surface area contributed by atoms with Crippen LogP contribution < -0.4 is 15.8 Å². The van der Waals surface area contributed by atoms with Crippen LogP contribution in [0.4, 0.5) is 8.78 Å². The van der Waals surface area contributed by atoms with Gasteiger partial charge in [-0.15, -0.1) is 0 Å². The van der Waals surface area contributed by atoms with E-state index in [2.05, 4.69) is 10.3 Å². The molecule has 6 heteroatoms. The molecule has 1 aromatic carbocycles. The fourth-order valence-electron chi connectivity index (χ4n) is 2.07. The molecule has 3 N–H and O–H groups in total. The molecular weight excluding hydrogens is 276 g/mol. The minimum Gasteiger partial charge on any atom is -0.488 e. The van der Waals surface area contributed by atoms with Gasteiger partial charge < -0.3 is 15.8 Å². The Balaban J connectivity index is 1.79. The zero-order chi connectivity index (χ0) is 15.1. The summed E-state index contributed by atoms with van der Waals surface area (Å²) >= 11 is 0. The number of benzene rings is 1. The lowest BCUT2D eigenvalue weighted by Crippen LogP contribution is -2.37. The molecule has 1 aliphatic rings. The molecule has 0 heterocycles. The van der Waals surface area contributed by atoms with Crippen molar-refractivity contribution >= 4 is 5.96 Å². The van der Waals surface area contributed by atoms with Crippen molar-refractivity contribution in [3.8, 4) is 5.75 Å². The first-order chi connectivity index (χ1) is 10.1. The summed E-state index contributed by atoms with van der Waals surface area (Å²) in [6, 6.07) is 6.96. The average molecular weight is 297 g/mol. The van der Waals surface area contributed by atoms with Crippen molar-refractivity contribution in [1.29, 1.82) is 0 Å². The number of guanidine groups is 1. The first-order valence-corrected chi connectivity index (χ1v) is 7.17. The number of ether oxygens (including phenoxy) is 1. The van der Waals surface area contributed by atoms with Crippen LogP contribution in [0.1, 0.15) is 24.8 Å². The summed E-state index contributed by atoms with van der Waals surface area (Å²) < 4.78 is 29.1. The minimum absolute atomic E-state index is 0.398. The van der Waals surface area contributed by atoms with Crippen LogP contribution >= 0.6 is 0 Å². The predicted molar refractivity (Wildman–Crippen MR) is 78.6 cm³/mol. The van der Waals surface area contributed by atoms with Gasteiger partial charge in [-0.2, -0.15) is 0 Å². The van der Waals surface area contributed by atoms with Crippen LogP contribution in [-0.4, -0.2) is 25.5 Å². The number of hydrogen-bond acceptors (Lipinski definition) is 2. The summed E-state index contributed by atoms with van der Waals surface area (Å²) in [5, 5.41) is 3.11. The van der Waals surface area contributed by atoms with Gasteiger partial charge >= 0.3 is 0 Å². The standard InChI is InChI=1S/C15H21F2N3O/c16-14(17)10-21-13-6-2-5-12(7-13)9-20-15(18)19-8-11-3-1-4-11/h2,5-7,11,14H,1,3-4,8-10H2,(H3,18,19,20). The molecule has 0 amide bonds. The second kappa shape index (κ2) is 7.81. The molecule has 0 unspecified atom stereocenters. The quantitative estimate of drug-likeness (QED) is 0.600. The van der Waals surface area contributed by atoms with E-state index in [1.54, 1.807) is 18.2 Å². The van der Waals surface area contributed by atoms with Gasteiger partial charge in [0, 0.05) is 6.54 Å². The molecule has 0 aliphatic heterocycles. The Morgan fingerprint density at radius 3 is 2.90 bits per heavy atom. The number of alkyl halides is 2. The molecular formula is C15H21F2N3O. The maximum absolute atomic E-state index is 12.1. The Bertz CT molecular complexity index is 476. The second-order valence-electron chi connectivity index (χ2n) is 5.23. The highest BCUT2D eigenvalue weighted by Gasteiger charge is 2.16. The lowest BCUT2D eigenvalue weighted by atomic mass is 9.85. The molecule has 0 bridgehead atoms. The van der Waals surface area contributed by atoms with Crippen LogP contribution in [0.3, 0.4) is 0 Å². The van der Waals surface area contributed by atoms with Gasteiger partial charge in [0.1, 0.15) is 12.4 Å². The van der Waals surface area contributed by atoms with E-state index in [0.29, 0.717) is 24.2 Å². The third-order valence-corrected chi connectivity index (χ3v) is 3.50. The monoisotopic (exact) mass is 297 g/mol. The van der Waals surface area contributed by atoms with Crippen molar-refractivity contribution in [2.45, 2.75) is 32.2 Å². The van der Waals surface area contributed by atoms with Crippen molar-refractivity contribution in [2.24, 2.45) is 16.6 Å². The van der Waals surface area contributed by atoms with E-state index >= 15 is 0 Å². The number of nitrogens with two attached hydrogens (primary N) is 1. The van der Waals surface area contributed by atoms with Crippen LogP contribution in [0, 0.1) is 5.92 Å². The summed E-state index contributed by atoms with van der Waals surface area (Å²) in [6.45, 7) is 0.667. The zero-order valence-corrected chi connectivity index (χ0v) is 11.9. The van der Waals surface area contributed by atoms with Gasteiger partial charge in [-0.3, -0.25) is 0 Å². The molecule has 1 fully saturated rings. The van der Waals surface area contributed by atoms with Crippen molar-refractivity contribution in [1.82, 2.24) is 5.32 Å². The smallest absolute Gasteiger partial charge is 0.272 e. The normalized spacial score (nSPS) is 15.9. The summed E-state index contributed by atoms with van der Waals surface area (Å²) in [6.07, 6.45) is 1.33. The molecule has 4 nitrogen and oxygen atoms in total. The summed E-state index contributed by atoms with van der Waals surface area (Å²) in [5.74, 6) is 1.55. The number of halogens is 2. The Hall–Kier alpha value is -1.85. The van der Waals surface area contributed by atoms with Gasteiger partial charge in [-0.1, -0.05) is 18.6 Å². The molecule has 1 aliphatic carbocycles. The van der Waals surface area contributed by atoms with Gasteiger partial charge in [0.2, 0.25) is 0 Å². The molecule has 0 spiro atoms. The van der Waals surface area contributed by atoms with Crippen LogP contribution in [-0.2, 0) is 6.54 Å². The lowest BCUT2D eigenvalue weighted by Gasteiger charge is -2.25. The molecule has 116 valence electrons. The summed E-state index contributed by atoms with van der Waals surface area (Å²) in [7, 11) is 0. The molecule has 2 rings (SSSR count). The molecule has 0 aromatic heterocycles. The van der Waals surface area contributed by atoms with E-state index in [4.69, 9.17) is 10.5 Å². The molecule has 0 radical (unpaired) electrons. The third-order valence-electron chi connectivity index (χ3n) is 3.50. The average Bonchev–Trinajstić information content (AvgIpc) is 2.42. The number of nitrogens with zero attached hydrogens (tertiary/aromatic N) is 1. The fraction of sp³-hybridized carbons (Fsp3) is 0.533. The number of rotatable bonds is 7. The van der Waals surface area contributed by atoms with E-state index in [9.17, 15) is 8.78 Å². The van der Waals surface area contributed by atoms with Gasteiger partial charge in [-0.25, -0.2) is 13.8 Å². The molecule has 0 saturated heterocycles. The Kier molecular flexibility index (Phi) is 5.78. The summed E-state index contributed by atoms with van der Waals surface area (Å²) in [5.41, 5.74) is 6.66. The SMILES string of the molecule is NC(=NCc1cccc(OCC(F)F)c1)NCC1CCC1. The number of hydrogen-bond donors (Lipinski definition) is 2. The topological polar surface area (TPSA) is 59.6 Å². The largest absolute Gasteiger partial charge is 0.488 e. The zero-order valence-electron chi connectivity index (χ0n) is 11.9. The summed E-state index contributed by atoms with van der Waals surface area (Å²) in [4.78, 5) is 4.24. The van der Waals surface area contributed by atoms with Gasteiger partial charge in [0.05, 0.1) is 6.54 Å². The van der Waals surface area contributed by atoms with E-state index in [1.807, 2.05) is 6.07 Å². The third kappa shape index (κ3) is 5.57. The highest BCUT2D eigenvalue weighted by molar-refractivity contribution is 5.77. The molecule has 1 saturated carbocycles. The first kappa shape index (κ1) is 15.5. The number of aliphatic imine (C=N–C) groups is 1. The van der Waals surface area contributed by atoms with Crippen LogP contribution in [0.2, 0.25) is 0 Å². The fourth-order valence-corrected chi connectivity index (χ4v) is 2.07. The Morgan fingerprint density at radius 1 is 1.43 bits per heavy atom. The van der Waals surface area contributed by atoms with E-state index in [1.165, 1.54) is 19.3 Å². The van der Waals surface area contributed by atoms with E-state index in [0.717, 1.165) is 12.1 Å². The van der Waals surface area contributed by atoms with Gasteiger partial charge in [0.25, 0.3) is 6.43 Å². The van der Waals surface area contributed by atoms with Crippen molar-refractivity contribution in [2.75, 3.05) is 13.2 Å². The maximum Gasteiger partial charge on any atom is 0.272 e. The van der Waals surface area contributed by atoms with Crippen molar-refractivity contribution in [3.63, 3.8) is 0 Å². The predicted octanol–water partition coefficient (Wildman–Crippen LogP) is 2.53. The molecule has 21 heavy (non-hydrogen) atoms. The van der Waals surface area contributed by atoms with Crippen molar-refractivity contribution < 1.29 is 13.5 Å². The van der Waals surface area contributed by atoms with Gasteiger partial charge in [0.15, 0.2) is 5.96 Å². The van der Waals surface area contributed by atoms with E-state index in [-0.39, 0.29) is 0 Å². The van der Waals surface area contributed by atoms with Crippen molar-refractivity contribution in [3.05, 3.63) is 29.8 Å². The van der Waals surface area contributed by atoms with Crippen LogP contribution in [0.5, 0.6) is 5.75 Å². The van der Waals surface area contributed by atoms with E-state index < -0.39 is 13.0 Å². The minimum atomic E-state index is -2.47. The first-order valence-electron chi connectivity index (χ1n) is 7.17. The highest BCUT2D eigenvalue weighted by atomic mass is 19.3. The Labute approximate surface area is 123 Å². The maximum atomic E-state index is 12.1. The Morgan fingerprint density at radius 2 is 2.24 bits per heavy atom. The molecule has 0 atom stereocenters. The van der Waals surface area contributed by atoms with Crippen LogP contribution in [0.25, 0.3) is 0 Å². The van der Waals surface area contributed by atoms with Crippen LogP contribution in [0.15, 0.2) is 29.3 Å². The molecule has 1 aromatic rings. The second-order valence-corrected chi connectivity index (χ2v) is 5.23. The number of nitrogens with one attached hydrogen (secondary N) is 1. The van der Waals surface area contributed by atoms with Gasteiger partial charge in [-0.05, 0) is 36.5 Å². The lowest BCUT2D eigenvalue weighted by molar-refractivity contribution is 0.0818. The highest BCUT2D eigenvalue weighted by Crippen LogP contribution is 2.25.